The SMILES string of the molecule is CCC1CCC(Nc2nc3ccc(C)cc3s2)C1C. The van der Waals surface area contributed by atoms with Gasteiger partial charge in [-0.2, -0.15) is 0 Å². The number of rotatable bonds is 3. The molecule has 1 N–H and O–H groups in total. The minimum Gasteiger partial charge on any atom is -0.358 e. The average Bonchev–Trinajstić information content (AvgIpc) is 2.93. The number of fused-ring (bicyclic) bond motifs is 1. The van der Waals surface area contributed by atoms with Gasteiger partial charge in [0.25, 0.3) is 0 Å². The Balaban J connectivity index is 1.78. The normalized spacial score (nSPS) is 27.0. The highest BCUT2D eigenvalue weighted by Gasteiger charge is 2.31. The van der Waals surface area contributed by atoms with Gasteiger partial charge in [0.2, 0.25) is 0 Å². The summed E-state index contributed by atoms with van der Waals surface area (Å²) in [5.41, 5.74) is 2.43. The van der Waals surface area contributed by atoms with Crippen molar-refractivity contribution < 1.29 is 0 Å². The Labute approximate surface area is 119 Å². The lowest BCUT2D eigenvalue weighted by molar-refractivity contribution is 0.392. The van der Waals surface area contributed by atoms with Crippen molar-refractivity contribution in [3.8, 4) is 0 Å². The van der Waals surface area contributed by atoms with Gasteiger partial charge in [0.15, 0.2) is 5.13 Å². The first-order chi connectivity index (χ1) is 9.17. The first-order valence-corrected chi connectivity index (χ1v) is 8.12. The maximum absolute atomic E-state index is 4.71. The molecule has 0 bridgehead atoms. The molecule has 0 amide bonds. The molecule has 1 aliphatic carbocycles. The number of anilines is 1. The van der Waals surface area contributed by atoms with Gasteiger partial charge in [-0.15, -0.1) is 0 Å². The largest absolute Gasteiger partial charge is 0.358 e. The van der Waals surface area contributed by atoms with Crippen molar-refractivity contribution in [2.24, 2.45) is 11.8 Å². The molecular formula is C16H22N2S. The monoisotopic (exact) mass is 274 g/mol. The molecule has 0 saturated heterocycles. The van der Waals surface area contributed by atoms with Crippen LogP contribution in [0.2, 0.25) is 0 Å². The van der Waals surface area contributed by atoms with Crippen molar-refractivity contribution in [3.05, 3.63) is 23.8 Å². The average molecular weight is 274 g/mol. The van der Waals surface area contributed by atoms with Gasteiger partial charge < -0.3 is 5.32 Å². The Bertz CT molecular complexity index is 575. The zero-order valence-electron chi connectivity index (χ0n) is 11.9. The van der Waals surface area contributed by atoms with E-state index in [1.54, 1.807) is 11.3 Å². The molecule has 1 heterocycles. The van der Waals surface area contributed by atoms with Gasteiger partial charge in [0.1, 0.15) is 0 Å². The molecule has 0 radical (unpaired) electrons. The Hall–Kier alpha value is -1.09. The first-order valence-electron chi connectivity index (χ1n) is 7.31. The van der Waals surface area contributed by atoms with Gasteiger partial charge in [-0.25, -0.2) is 4.98 Å². The lowest BCUT2D eigenvalue weighted by Gasteiger charge is -2.20. The number of nitrogens with one attached hydrogen (secondary N) is 1. The van der Waals surface area contributed by atoms with Crippen LogP contribution in [0.5, 0.6) is 0 Å². The molecule has 2 aromatic rings. The topological polar surface area (TPSA) is 24.9 Å². The molecule has 2 nitrogen and oxygen atoms in total. The lowest BCUT2D eigenvalue weighted by atomic mass is 9.94. The van der Waals surface area contributed by atoms with Crippen LogP contribution in [0, 0.1) is 18.8 Å². The van der Waals surface area contributed by atoms with Crippen molar-refractivity contribution in [3.63, 3.8) is 0 Å². The van der Waals surface area contributed by atoms with Crippen LogP contribution in [-0.2, 0) is 0 Å². The van der Waals surface area contributed by atoms with Crippen LogP contribution in [-0.4, -0.2) is 11.0 Å². The van der Waals surface area contributed by atoms with Crippen LogP contribution >= 0.6 is 11.3 Å². The predicted molar refractivity (Wildman–Crippen MR) is 83.9 cm³/mol. The van der Waals surface area contributed by atoms with E-state index in [9.17, 15) is 0 Å². The highest BCUT2D eigenvalue weighted by molar-refractivity contribution is 7.22. The molecule has 3 rings (SSSR count). The summed E-state index contributed by atoms with van der Waals surface area (Å²) in [6.45, 7) is 6.83. The standard InChI is InChI=1S/C16H22N2S/c1-4-12-6-8-13(11(12)3)17-16-18-14-7-5-10(2)9-15(14)19-16/h5,7,9,11-13H,4,6,8H2,1-3H3,(H,17,18). The molecule has 1 fully saturated rings. The van der Waals surface area contributed by atoms with Crippen LogP contribution in [0.25, 0.3) is 10.2 Å². The van der Waals surface area contributed by atoms with Crippen molar-refractivity contribution in [1.82, 2.24) is 4.98 Å². The molecule has 1 aromatic heterocycles. The molecule has 102 valence electrons. The maximum Gasteiger partial charge on any atom is 0.184 e. The van der Waals surface area contributed by atoms with Crippen LogP contribution in [0.4, 0.5) is 5.13 Å². The van der Waals surface area contributed by atoms with Gasteiger partial charge in [-0.1, -0.05) is 37.7 Å². The highest BCUT2D eigenvalue weighted by atomic mass is 32.1. The second-order valence-corrected chi connectivity index (χ2v) is 6.88. The fourth-order valence-corrected chi connectivity index (χ4v) is 4.31. The number of hydrogen-bond donors (Lipinski definition) is 1. The molecule has 19 heavy (non-hydrogen) atoms. The van der Waals surface area contributed by atoms with E-state index in [-0.39, 0.29) is 0 Å². The second-order valence-electron chi connectivity index (χ2n) is 5.85. The van der Waals surface area contributed by atoms with E-state index in [1.807, 2.05) is 0 Å². The summed E-state index contributed by atoms with van der Waals surface area (Å²) in [6.07, 6.45) is 3.95. The van der Waals surface area contributed by atoms with Gasteiger partial charge in [-0.3, -0.25) is 0 Å². The molecular weight excluding hydrogens is 252 g/mol. The molecule has 0 aliphatic heterocycles. The predicted octanol–water partition coefficient (Wildman–Crippen LogP) is 4.84. The van der Waals surface area contributed by atoms with Gasteiger partial charge in [0.05, 0.1) is 10.2 Å². The van der Waals surface area contributed by atoms with Crippen molar-refractivity contribution in [1.29, 1.82) is 0 Å². The van der Waals surface area contributed by atoms with Crippen LogP contribution in [0.1, 0.15) is 38.7 Å². The van der Waals surface area contributed by atoms with Crippen LogP contribution < -0.4 is 5.32 Å². The number of thiazole rings is 1. The maximum atomic E-state index is 4.71. The molecule has 1 saturated carbocycles. The molecule has 0 spiro atoms. The summed E-state index contributed by atoms with van der Waals surface area (Å²) in [4.78, 5) is 4.71. The Morgan fingerprint density at radius 3 is 2.95 bits per heavy atom. The fraction of sp³-hybridized carbons (Fsp3) is 0.562. The third kappa shape index (κ3) is 2.48. The summed E-state index contributed by atoms with van der Waals surface area (Å²) in [5.74, 6) is 1.65. The lowest BCUT2D eigenvalue weighted by Crippen LogP contribution is -2.24. The van der Waals surface area contributed by atoms with Crippen molar-refractivity contribution in [2.75, 3.05) is 5.32 Å². The van der Waals surface area contributed by atoms with Gasteiger partial charge in [-0.05, 0) is 49.3 Å². The molecule has 1 aliphatic rings. The third-order valence-electron chi connectivity index (χ3n) is 4.60. The van der Waals surface area contributed by atoms with Gasteiger partial charge >= 0.3 is 0 Å². The zero-order chi connectivity index (χ0) is 13.4. The minimum atomic E-state index is 0.603. The summed E-state index contributed by atoms with van der Waals surface area (Å²) in [5, 5.41) is 4.76. The van der Waals surface area contributed by atoms with Crippen molar-refractivity contribution >= 4 is 26.7 Å². The van der Waals surface area contributed by atoms with E-state index in [0.717, 1.165) is 22.5 Å². The second kappa shape index (κ2) is 5.12. The summed E-state index contributed by atoms with van der Waals surface area (Å²) in [6, 6.07) is 7.09. The first kappa shape index (κ1) is 12.9. The van der Waals surface area contributed by atoms with E-state index in [0.29, 0.717) is 6.04 Å². The smallest absolute Gasteiger partial charge is 0.184 e. The van der Waals surface area contributed by atoms with Gasteiger partial charge in [0, 0.05) is 6.04 Å². The van der Waals surface area contributed by atoms with Crippen molar-refractivity contribution in [2.45, 2.75) is 46.1 Å². The molecule has 3 unspecified atom stereocenters. The Kier molecular flexibility index (Phi) is 3.48. The zero-order valence-corrected chi connectivity index (χ0v) is 12.8. The van der Waals surface area contributed by atoms with E-state index in [2.05, 4.69) is 44.3 Å². The number of aromatic nitrogens is 1. The number of aryl methyl sites for hydroxylation is 1. The van der Waals surface area contributed by atoms with Crippen LogP contribution in [0.15, 0.2) is 18.2 Å². The fourth-order valence-electron chi connectivity index (χ4n) is 3.28. The Morgan fingerprint density at radius 2 is 2.21 bits per heavy atom. The van der Waals surface area contributed by atoms with E-state index >= 15 is 0 Å². The number of hydrogen-bond acceptors (Lipinski definition) is 3. The number of benzene rings is 1. The van der Waals surface area contributed by atoms with Crippen LogP contribution in [0.3, 0.4) is 0 Å². The van der Waals surface area contributed by atoms with E-state index in [4.69, 9.17) is 4.98 Å². The third-order valence-corrected chi connectivity index (χ3v) is 5.55. The minimum absolute atomic E-state index is 0.603. The summed E-state index contributed by atoms with van der Waals surface area (Å²) in [7, 11) is 0. The highest BCUT2D eigenvalue weighted by Crippen LogP contribution is 2.37. The summed E-state index contributed by atoms with van der Waals surface area (Å²) < 4.78 is 1.29. The number of nitrogens with zero attached hydrogens (tertiary/aromatic N) is 1. The quantitative estimate of drug-likeness (QED) is 0.866. The summed E-state index contributed by atoms with van der Waals surface area (Å²) >= 11 is 1.79. The van der Waals surface area contributed by atoms with E-state index < -0.39 is 0 Å². The molecule has 3 heteroatoms. The molecule has 1 aromatic carbocycles. The Morgan fingerprint density at radius 1 is 1.37 bits per heavy atom. The molecule has 3 atom stereocenters. The van der Waals surface area contributed by atoms with E-state index in [1.165, 1.54) is 29.5 Å².